The highest BCUT2D eigenvalue weighted by molar-refractivity contribution is 5.77. The molecule has 4 rings (SSSR count). The van der Waals surface area contributed by atoms with Crippen LogP contribution < -0.4 is 11.2 Å². The van der Waals surface area contributed by atoms with Crippen LogP contribution in [0.2, 0.25) is 0 Å². The number of carbonyl (C=O) groups excluding carboxylic acids is 1. The highest BCUT2D eigenvalue weighted by Crippen LogP contribution is 2.36. The van der Waals surface area contributed by atoms with Gasteiger partial charge < -0.3 is 4.90 Å². The van der Waals surface area contributed by atoms with E-state index in [9.17, 15) is 14.4 Å². The molecule has 0 saturated carbocycles. The van der Waals surface area contributed by atoms with Gasteiger partial charge in [-0.2, -0.15) is 0 Å². The second-order valence-electron chi connectivity index (χ2n) is 7.88. The molecule has 6 nitrogen and oxygen atoms in total. The van der Waals surface area contributed by atoms with Gasteiger partial charge in [0.15, 0.2) is 0 Å². The largest absolute Gasteiger partial charge is 0.331 e. The Morgan fingerprint density at radius 3 is 2.57 bits per heavy atom. The van der Waals surface area contributed by atoms with Crippen molar-refractivity contribution < 1.29 is 4.79 Å². The van der Waals surface area contributed by atoms with E-state index in [0.29, 0.717) is 6.54 Å². The predicted molar refractivity (Wildman–Crippen MR) is 115 cm³/mol. The topological polar surface area (TPSA) is 64.3 Å². The molecule has 0 fully saturated rings. The van der Waals surface area contributed by atoms with Crippen molar-refractivity contribution in [2.45, 2.75) is 38.9 Å². The third-order valence-electron chi connectivity index (χ3n) is 5.84. The maximum atomic E-state index is 13.4. The van der Waals surface area contributed by atoms with Crippen LogP contribution in [0.4, 0.5) is 0 Å². The van der Waals surface area contributed by atoms with E-state index < -0.39 is 5.69 Å². The number of hydrogen-bond donors (Lipinski definition) is 0. The zero-order valence-corrected chi connectivity index (χ0v) is 17.2. The van der Waals surface area contributed by atoms with Gasteiger partial charge in [-0.25, -0.2) is 4.79 Å². The van der Waals surface area contributed by atoms with Crippen LogP contribution in [0.1, 0.15) is 34.7 Å². The maximum absolute atomic E-state index is 13.4. The summed E-state index contributed by atoms with van der Waals surface area (Å²) in [6.45, 7) is 2.40. The van der Waals surface area contributed by atoms with E-state index in [2.05, 4.69) is 12.1 Å². The molecule has 154 valence electrons. The number of aryl methyl sites for hydroxylation is 2. The fourth-order valence-corrected chi connectivity index (χ4v) is 4.09. The zero-order chi connectivity index (χ0) is 21.3. The number of nitrogens with zero attached hydrogens (tertiary/aromatic N) is 3. The van der Waals surface area contributed by atoms with Crippen molar-refractivity contribution in [2.75, 3.05) is 0 Å². The first kappa shape index (κ1) is 19.9. The van der Waals surface area contributed by atoms with Gasteiger partial charge in [0.1, 0.15) is 6.54 Å². The molecule has 0 radical (unpaired) electrons. The molecule has 1 aliphatic carbocycles. The van der Waals surface area contributed by atoms with E-state index in [1.165, 1.54) is 40.6 Å². The van der Waals surface area contributed by atoms with E-state index >= 15 is 0 Å². The molecule has 0 spiro atoms. The molecule has 30 heavy (non-hydrogen) atoms. The summed E-state index contributed by atoms with van der Waals surface area (Å²) in [5, 5.41) is 0. The van der Waals surface area contributed by atoms with Crippen LogP contribution in [0.15, 0.2) is 70.4 Å². The molecule has 6 heteroatoms. The Balaban J connectivity index is 1.67. The van der Waals surface area contributed by atoms with Gasteiger partial charge in [-0.15, -0.1) is 0 Å². The highest BCUT2D eigenvalue weighted by Gasteiger charge is 2.31. The Morgan fingerprint density at radius 1 is 1.07 bits per heavy atom. The van der Waals surface area contributed by atoms with Crippen LogP contribution in [0.3, 0.4) is 0 Å². The SMILES string of the molecule is Cc1ccc(CN(C(=O)Cn2ccc(=O)n(C)c2=O)C2CCc3ccccc32)cc1. The fraction of sp³-hybridized carbons (Fsp3) is 0.292. The third-order valence-corrected chi connectivity index (χ3v) is 5.84. The second kappa shape index (κ2) is 8.14. The molecule has 1 amide bonds. The number of hydrogen-bond acceptors (Lipinski definition) is 3. The second-order valence-corrected chi connectivity index (χ2v) is 7.88. The van der Waals surface area contributed by atoms with E-state index in [4.69, 9.17) is 0 Å². The molecule has 1 aromatic heterocycles. The van der Waals surface area contributed by atoms with Gasteiger partial charge in [0, 0.05) is 25.9 Å². The third kappa shape index (κ3) is 3.85. The lowest BCUT2D eigenvalue weighted by atomic mass is 10.1. The number of aromatic nitrogens is 2. The number of fused-ring (bicyclic) bond motifs is 1. The predicted octanol–water partition coefficient (Wildman–Crippen LogP) is 2.57. The van der Waals surface area contributed by atoms with Crippen LogP contribution >= 0.6 is 0 Å². The van der Waals surface area contributed by atoms with Crippen molar-refractivity contribution in [1.82, 2.24) is 14.0 Å². The minimum absolute atomic E-state index is 0.0294. The minimum Gasteiger partial charge on any atom is -0.330 e. The van der Waals surface area contributed by atoms with Crippen molar-refractivity contribution >= 4 is 5.91 Å². The summed E-state index contributed by atoms with van der Waals surface area (Å²) >= 11 is 0. The van der Waals surface area contributed by atoms with E-state index in [1.54, 1.807) is 0 Å². The van der Waals surface area contributed by atoms with Crippen LogP contribution in [-0.2, 0) is 31.4 Å². The van der Waals surface area contributed by atoms with Gasteiger partial charge >= 0.3 is 5.69 Å². The van der Waals surface area contributed by atoms with Gasteiger partial charge in [0.05, 0.1) is 6.04 Å². The Morgan fingerprint density at radius 2 is 1.80 bits per heavy atom. The number of carbonyl (C=O) groups is 1. The summed E-state index contributed by atoms with van der Waals surface area (Å²) in [5.74, 6) is -0.141. The monoisotopic (exact) mass is 403 g/mol. The first-order valence-corrected chi connectivity index (χ1v) is 10.1. The number of benzene rings is 2. The van der Waals surface area contributed by atoms with Gasteiger partial charge in [-0.1, -0.05) is 54.1 Å². The molecule has 0 aliphatic heterocycles. The summed E-state index contributed by atoms with van der Waals surface area (Å²) in [4.78, 5) is 39.4. The van der Waals surface area contributed by atoms with Crippen molar-refractivity contribution in [3.8, 4) is 0 Å². The minimum atomic E-state index is -0.488. The summed E-state index contributed by atoms with van der Waals surface area (Å²) in [5.41, 5.74) is 3.78. The summed E-state index contributed by atoms with van der Waals surface area (Å²) in [7, 11) is 1.42. The normalized spacial score (nSPS) is 15.1. The van der Waals surface area contributed by atoms with Crippen LogP contribution in [0.25, 0.3) is 0 Å². The molecule has 0 N–H and O–H groups in total. The lowest BCUT2D eigenvalue weighted by Crippen LogP contribution is -2.42. The van der Waals surface area contributed by atoms with Crippen molar-refractivity contribution in [3.05, 3.63) is 104 Å². The molecule has 0 saturated heterocycles. The van der Waals surface area contributed by atoms with E-state index in [1.807, 2.05) is 48.2 Å². The van der Waals surface area contributed by atoms with Crippen molar-refractivity contribution in [2.24, 2.45) is 7.05 Å². The Labute approximate surface area is 175 Å². The number of amides is 1. The van der Waals surface area contributed by atoms with Gasteiger partial charge in [0.25, 0.3) is 5.56 Å². The quantitative estimate of drug-likeness (QED) is 0.658. The molecule has 1 aliphatic rings. The summed E-state index contributed by atoms with van der Waals surface area (Å²) in [6.07, 6.45) is 3.19. The Hall–Kier alpha value is -3.41. The first-order chi connectivity index (χ1) is 14.4. The van der Waals surface area contributed by atoms with E-state index in [-0.39, 0.29) is 24.1 Å². The Kier molecular flexibility index (Phi) is 5.40. The molecule has 0 bridgehead atoms. The first-order valence-electron chi connectivity index (χ1n) is 10.1. The maximum Gasteiger partial charge on any atom is 0.331 e. The molecule has 1 atom stereocenters. The average Bonchev–Trinajstić information content (AvgIpc) is 3.17. The lowest BCUT2D eigenvalue weighted by molar-refractivity contribution is -0.135. The average molecular weight is 403 g/mol. The number of rotatable bonds is 5. The summed E-state index contributed by atoms with van der Waals surface area (Å²) in [6, 6.07) is 17.7. The molecule has 2 aromatic carbocycles. The van der Waals surface area contributed by atoms with Crippen LogP contribution in [0, 0.1) is 6.92 Å². The van der Waals surface area contributed by atoms with Crippen molar-refractivity contribution in [1.29, 1.82) is 0 Å². The molecule has 3 aromatic rings. The standard InChI is InChI=1S/C24H25N3O3/c1-17-7-9-18(10-8-17)15-27(21-12-11-19-5-3-4-6-20(19)21)23(29)16-26-14-13-22(28)25(2)24(26)30/h3-10,13-14,21H,11-12,15-16H2,1-2H3. The van der Waals surface area contributed by atoms with Crippen LogP contribution in [0.5, 0.6) is 0 Å². The fourth-order valence-electron chi connectivity index (χ4n) is 4.09. The van der Waals surface area contributed by atoms with Gasteiger partial charge in [0.2, 0.25) is 5.91 Å². The van der Waals surface area contributed by atoms with Crippen LogP contribution in [-0.4, -0.2) is 19.9 Å². The van der Waals surface area contributed by atoms with Gasteiger partial charge in [-0.05, 0) is 36.5 Å². The molecular formula is C24H25N3O3. The van der Waals surface area contributed by atoms with Crippen molar-refractivity contribution in [3.63, 3.8) is 0 Å². The lowest BCUT2D eigenvalue weighted by Gasteiger charge is -2.30. The summed E-state index contributed by atoms with van der Waals surface area (Å²) < 4.78 is 2.31. The molecular weight excluding hydrogens is 378 g/mol. The smallest absolute Gasteiger partial charge is 0.330 e. The zero-order valence-electron chi connectivity index (χ0n) is 17.2. The van der Waals surface area contributed by atoms with Gasteiger partial charge in [-0.3, -0.25) is 18.7 Å². The Bertz CT molecular complexity index is 1190. The molecule has 1 heterocycles. The highest BCUT2D eigenvalue weighted by atomic mass is 16.2. The molecule has 1 unspecified atom stereocenters. The van der Waals surface area contributed by atoms with E-state index in [0.717, 1.165) is 23.0 Å².